The van der Waals surface area contributed by atoms with E-state index < -0.39 is 0 Å². The molecule has 1 atom stereocenters. The highest BCUT2D eigenvalue weighted by Gasteiger charge is 2.27. The van der Waals surface area contributed by atoms with Crippen molar-refractivity contribution in [2.45, 2.75) is 25.8 Å². The van der Waals surface area contributed by atoms with E-state index in [4.69, 9.17) is 0 Å². The Kier molecular flexibility index (Phi) is 4.77. The van der Waals surface area contributed by atoms with E-state index in [1.807, 2.05) is 31.2 Å². The first-order valence-corrected chi connectivity index (χ1v) is 9.33. The standard InChI is InChI=1S/C20H22N6O2/c1-13-5-7-16-14(10-13)6-8-17(23-16)19(27)22-15-4-3-9-26(12-15)20(28)18-11-21-24-25(18)2/h5-8,10-11,15H,3-4,9,12H2,1-2H3,(H,22,27)/t15-/m0/s1. The Bertz CT molecular complexity index is 1040. The zero-order chi connectivity index (χ0) is 19.7. The molecule has 1 aliphatic heterocycles. The van der Waals surface area contributed by atoms with E-state index in [2.05, 4.69) is 20.6 Å². The maximum absolute atomic E-state index is 12.7. The number of rotatable bonds is 3. The van der Waals surface area contributed by atoms with Gasteiger partial charge in [-0.05, 0) is 38.0 Å². The molecule has 0 bridgehead atoms. The average molecular weight is 378 g/mol. The predicted octanol–water partition coefficient (Wildman–Crippen LogP) is 1.71. The van der Waals surface area contributed by atoms with Crippen molar-refractivity contribution >= 4 is 22.7 Å². The van der Waals surface area contributed by atoms with Crippen molar-refractivity contribution in [2.24, 2.45) is 7.05 Å². The summed E-state index contributed by atoms with van der Waals surface area (Å²) in [5.74, 6) is -0.338. The molecular formula is C20H22N6O2. The molecule has 1 aliphatic rings. The van der Waals surface area contributed by atoms with Crippen molar-refractivity contribution in [1.82, 2.24) is 30.2 Å². The Morgan fingerprint density at radius 1 is 1.21 bits per heavy atom. The molecule has 0 unspecified atom stereocenters. The molecule has 28 heavy (non-hydrogen) atoms. The van der Waals surface area contributed by atoms with Gasteiger partial charge in [0.2, 0.25) is 0 Å². The number of fused-ring (bicyclic) bond motifs is 1. The summed E-state index contributed by atoms with van der Waals surface area (Å²) in [5.41, 5.74) is 2.78. The van der Waals surface area contributed by atoms with E-state index >= 15 is 0 Å². The Hall–Kier alpha value is -3.29. The lowest BCUT2D eigenvalue weighted by atomic mass is 10.0. The number of amides is 2. The number of benzene rings is 1. The number of carbonyl (C=O) groups is 2. The van der Waals surface area contributed by atoms with Gasteiger partial charge >= 0.3 is 0 Å². The monoisotopic (exact) mass is 378 g/mol. The minimum Gasteiger partial charge on any atom is -0.346 e. The maximum atomic E-state index is 12.7. The van der Waals surface area contributed by atoms with Crippen molar-refractivity contribution in [3.8, 4) is 0 Å². The molecule has 1 N–H and O–H groups in total. The van der Waals surface area contributed by atoms with Crippen LogP contribution in [0.25, 0.3) is 10.9 Å². The van der Waals surface area contributed by atoms with Crippen LogP contribution in [0.5, 0.6) is 0 Å². The van der Waals surface area contributed by atoms with Crippen LogP contribution in [0, 0.1) is 6.92 Å². The van der Waals surface area contributed by atoms with Crippen LogP contribution >= 0.6 is 0 Å². The minimum absolute atomic E-state index is 0.109. The van der Waals surface area contributed by atoms with Crippen molar-refractivity contribution < 1.29 is 9.59 Å². The average Bonchev–Trinajstić information content (AvgIpc) is 3.13. The Labute approximate surface area is 162 Å². The van der Waals surface area contributed by atoms with Gasteiger partial charge in [0.05, 0.1) is 11.7 Å². The first kappa shape index (κ1) is 18.1. The van der Waals surface area contributed by atoms with Crippen LogP contribution in [0.2, 0.25) is 0 Å². The second-order valence-electron chi connectivity index (χ2n) is 7.20. The lowest BCUT2D eigenvalue weighted by molar-refractivity contribution is 0.0665. The highest BCUT2D eigenvalue weighted by Crippen LogP contribution is 2.16. The molecule has 1 fully saturated rings. The number of nitrogens with zero attached hydrogens (tertiary/aromatic N) is 5. The van der Waals surface area contributed by atoms with Crippen LogP contribution < -0.4 is 5.32 Å². The molecule has 8 nitrogen and oxygen atoms in total. The van der Waals surface area contributed by atoms with Crippen LogP contribution in [-0.2, 0) is 7.05 Å². The minimum atomic E-state index is -0.219. The zero-order valence-corrected chi connectivity index (χ0v) is 15.9. The van der Waals surface area contributed by atoms with E-state index in [0.717, 1.165) is 29.3 Å². The Morgan fingerprint density at radius 2 is 2.07 bits per heavy atom. The number of hydrogen-bond acceptors (Lipinski definition) is 5. The van der Waals surface area contributed by atoms with Crippen molar-refractivity contribution in [3.05, 3.63) is 53.5 Å². The van der Waals surface area contributed by atoms with Crippen LogP contribution in [0.4, 0.5) is 0 Å². The molecule has 3 aromatic rings. The van der Waals surface area contributed by atoms with Crippen molar-refractivity contribution in [3.63, 3.8) is 0 Å². The third kappa shape index (κ3) is 3.58. The molecule has 1 aromatic carbocycles. The van der Waals surface area contributed by atoms with Crippen LogP contribution in [0.1, 0.15) is 39.4 Å². The molecular weight excluding hydrogens is 356 g/mol. The number of nitrogens with one attached hydrogen (secondary N) is 1. The molecule has 2 amide bonds. The summed E-state index contributed by atoms with van der Waals surface area (Å²) in [6.07, 6.45) is 3.11. The molecule has 8 heteroatoms. The lowest BCUT2D eigenvalue weighted by Gasteiger charge is -2.33. The second kappa shape index (κ2) is 7.38. The quantitative estimate of drug-likeness (QED) is 0.749. The van der Waals surface area contributed by atoms with E-state index in [1.165, 1.54) is 10.9 Å². The molecule has 0 radical (unpaired) electrons. The first-order chi connectivity index (χ1) is 13.5. The fourth-order valence-electron chi connectivity index (χ4n) is 3.56. The van der Waals surface area contributed by atoms with Gasteiger partial charge in [0.25, 0.3) is 11.8 Å². The summed E-state index contributed by atoms with van der Waals surface area (Å²) < 4.78 is 1.46. The van der Waals surface area contributed by atoms with E-state index in [9.17, 15) is 9.59 Å². The number of likely N-dealkylation sites (tertiary alicyclic amines) is 1. The van der Waals surface area contributed by atoms with Crippen LogP contribution in [0.3, 0.4) is 0 Å². The molecule has 0 aliphatic carbocycles. The second-order valence-corrected chi connectivity index (χ2v) is 7.20. The summed E-state index contributed by atoms with van der Waals surface area (Å²) >= 11 is 0. The number of hydrogen-bond donors (Lipinski definition) is 1. The fraction of sp³-hybridized carbons (Fsp3) is 0.350. The Balaban J connectivity index is 1.45. The topological polar surface area (TPSA) is 93.0 Å². The molecule has 0 spiro atoms. The van der Waals surface area contributed by atoms with Gasteiger partial charge in [-0.15, -0.1) is 5.10 Å². The summed E-state index contributed by atoms with van der Waals surface area (Å²) in [7, 11) is 1.69. The van der Waals surface area contributed by atoms with Crippen LogP contribution in [0.15, 0.2) is 36.5 Å². The molecule has 3 heterocycles. The van der Waals surface area contributed by atoms with E-state index in [0.29, 0.717) is 24.5 Å². The van der Waals surface area contributed by atoms with Gasteiger partial charge in [0.15, 0.2) is 0 Å². The molecule has 2 aromatic heterocycles. The maximum Gasteiger partial charge on any atom is 0.273 e. The van der Waals surface area contributed by atoms with Gasteiger partial charge in [0.1, 0.15) is 11.4 Å². The zero-order valence-electron chi connectivity index (χ0n) is 15.9. The number of carbonyl (C=O) groups excluding carboxylic acids is 2. The number of pyridine rings is 1. The van der Waals surface area contributed by atoms with Gasteiger partial charge in [-0.3, -0.25) is 9.59 Å². The number of piperidine rings is 1. The lowest BCUT2D eigenvalue weighted by Crippen LogP contribution is -2.50. The largest absolute Gasteiger partial charge is 0.346 e. The molecule has 4 rings (SSSR count). The molecule has 0 saturated carbocycles. The summed E-state index contributed by atoms with van der Waals surface area (Å²) in [6, 6.07) is 9.49. The van der Waals surface area contributed by atoms with Gasteiger partial charge in [-0.2, -0.15) is 0 Å². The van der Waals surface area contributed by atoms with Gasteiger partial charge in [0, 0.05) is 31.6 Å². The first-order valence-electron chi connectivity index (χ1n) is 9.33. The fourth-order valence-corrected chi connectivity index (χ4v) is 3.56. The summed E-state index contributed by atoms with van der Waals surface area (Å²) in [5, 5.41) is 11.6. The third-order valence-electron chi connectivity index (χ3n) is 5.05. The van der Waals surface area contributed by atoms with Gasteiger partial charge in [-0.1, -0.05) is 22.9 Å². The highest BCUT2D eigenvalue weighted by molar-refractivity contribution is 5.95. The van der Waals surface area contributed by atoms with Gasteiger partial charge in [-0.25, -0.2) is 9.67 Å². The van der Waals surface area contributed by atoms with Crippen molar-refractivity contribution in [2.75, 3.05) is 13.1 Å². The van der Waals surface area contributed by atoms with Crippen LogP contribution in [-0.4, -0.2) is 55.8 Å². The van der Waals surface area contributed by atoms with Gasteiger partial charge < -0.3 is 10.2 Å². The number of aryl methyl sites for hydroxylation is 2. The summed E-state index contributed by atoms with van der Waals surface area (Å²) in [6.45, 7) is 3.14. The van der Waals surface area contributed by atoms with Crippen molar-refractivity contribution in [1.29, 1.82) is 0 Å². The highest BCUT2D eigenvalue weighted by atomic mass is 16.2. The molecule has 144 valence electrons. The Morgan fingerprint density at radius 3 is 2.86 bits per heavy atom. The summed E-state index contributed by atoms with van der Waals surface area (Å²) in [4.78, 5) is 31.6. The third-order valence-corrected chi connectivity index (χ3v) is 5.05. The predicted molar refractivity (Wildman–Crippen MR) is 104 cm³/mol. The molecule has 1 saturated heterocycles. The number of aromatic nitrogens is 4. The normalized spacial score (nSPS) is 16.9. The SMILES string of the molecule is Cc1ccc2nc(C(=O)N[C@H]3CCCN(C(=O)c4cnnn4C)C3)ccc2c1. The van der Waals surface area contributed by atoms with E-state index in [1.54, 1.807) is 18.0 Å². The van der Waals surface area contributed by atoms with E-state index in [-0.39, 0.29) is 17.9 Å². The smallest absolute Gasteiger partial charge is 0.273 e.